The number of thiophene rings is 1. The molecule has 5 rings (SSSR count). The van der Waals surface area contributed by atoms with Gasteiger partial charge in [0.1, 0.15) is 5.82 Å². The first-order chi connectivity index (χ1) is 17.0. The van der Waals surface area contributed by atoms with E-state index in [1.54, 1.807) is 23.5 Å². The zero-order chi connectivity index (χ0) is 24.4. The fourth-order valence-electron chi connectivity index (χ4n) is 5.10. The van der Waals surface area contributed by atoms with Crippen LogP contribution in [0.15, 0.2) is 60.0 Å². The van der Waals surface area contributed by atoms with Gasteiger partial charge in [-0.3, -0.25) is 14.5 Å². The van der Waals surface area contributed by atoms with Gasteiger partial charge < -0.3 is 9.80 Å². The van der Waals surface area contributed by atoms with Gasteiger partial charge in [-0.1, -0.05) is 31.2 Å². The van der Waals surface area contributed by atoms with E-state index in [-0.39, 0.29) is 30.2 Å². The molecule has 5 nitrogen and oxygen atoms in total. The van der Waals surface area contributed by atoms with Crippen LogP contribution in [0.25, 0.3) is 0 Å². The van der Waals surface area contributed by atoms with Crippen molar-refractivity contribution in [1.29, 1.82) is 0 Å². The molecule has 182 valence electrons. The summed E-state index contributed by atoms with van der Waals surface area (Å²) in [6.45, 7) is 5.25. The third-order valence-electron chi connectivity index (χ3n) is 7.10. The van der Waals surface area contributed by atoms with Gasteiger partial charge in [0.05, 0.1) is 12.6 Å². The Morgan fingerprint density at radius 3 is 2.43 bits per heavy atom. The Kier molecular flexibility index (Phi) is 6.97. The van der Waals surface area contributed by atoms with Crippen LogP contribution in [0.1, 0.15) is 44.9 Å². The highest BCUT2D eigenvalue weighted by atomic mass is 32.1. The van der Waals surface area contributed by atoms with Gasteiger partial charge in [-0.15, -0.1) is 11.3 Å². The molecule has 1 saturated heterocycles. The lowest BCUT2D eigenvalue weighted by atomic mass is 9.93. The molecular formula is C28H30FN3O2S. The lowest BCUT2D eigenvalue weighted by Gasteiger charge is -2.39. The molecule has 0 radical (unpaired) electrons. The summed E-state index contributed by atoms with van der Waals surface area (Å²) in [7, 11) is 0. The molecular weight excluding hydrogens is 461 g/mol. The highest BCUT2D eigenvalue weighted by molar-refractivity contribution is 7.10. The monoisotopic (exact) mass is 491 g/mol. The lowest BCUT2D eigenvalue weighted by Crippen LogP contribution is -2.53. The summed E-state index contributed by atoms with van der Waals surface area (Å²) in [5, 5.41) is 2.08. The van der Waals surface area contributed by atoms with Gasteiger partial charge in [-0.2, -0.15) is 0 Å². The molecule has 2 aliphatic rings. The van der Waals surface area contributed by atoms with E-state index < -0.39 is 0 Å². The molecule has 1 aromatic heterocycles. The van der Waals surface area contributed by atoms with Crippen LogP contribution in [0.3, 0.4) is 0 Å². The van der Waals surface area contributed by atoms with Crippen molar-refractivity contribution in [2.75, 3.05) is 39.3 Å². The minimum atomic E-state index is -0.263. The van der Waals surface area contributed by atoms with E-state index in [0.717, 1.165) is 24.9 Å². The normalized spacial score (nSPS) is 18.4. The van der Waals surface area contributed by atoms with E-state index in [9.17, 15) is 14.0 Å². The minimum Gasteiger partial charge on any atom is -0.338 e. The van der Waals surface area contributed by atoms with Crippen molar-refractivity contribution in [2.45, 2.75) is 25.8 Å². The molecule has 2 aromatic carbocycles. The summed E-state index contributed by atoms with van der Waals surface area (Å²) in [6.07, 6.45) is 1.84. The van der Waals surface area contributed by atoms with E-state index in [1.807, 2.05) is 40.1 Å². The standard InChI is InChI=1S/C28H30FN3O2S/c1-2-20-6-8-21(9-7-20)28(34)31-15-13-30(14-16-31)26(33)19-32-12-10-25-24(11-17-35-25)27(32)22-4-3-5-23(29)18-22/h3-9,11,17-18,27H,2,10,12-16,19H2,1H3/t27-/m1/s1. The maximum Gasteiger partial charge on any atom is 0.253 e. The van der Waals surface area contributed by atoms with Crippen LogP contribution in [-0.4, -0.2) is 65.8 Å². The molecule has 0 bridgehead atoms. The van der Waals surface area contributed by atoms with Crippen LogP contribution in [0.4, 0.5) is 4.39 Å². The topological polar surface area (TPSA) is 43.9 Å². The molecule has 1 atom stereocenters. The minimum absolute atomic E-state index is 0.0203. The fraction of sp³-hybridized carbons (Fsp3) is 0.357. The van der Waals surface area contributed by atoms with Crippen molar-refractivity contribution >= 4 is 23.2 Å². The van der Waals surface area contributed by atoms with E-state index >= 15 is 0 Å². The second kappa shape index (κ2) is 10.3. The van der Waals surface area contributed by atoms with Gasteiger partial charge in [0.25, 0.3) is 5.91 Å². The number of halogens is 1. The molecule has 1 fully saturated rings. The zero-order valence-corrected chi connectivity index (χ0v) is 20.8. The number of nitrogens with zero attached hydrogens (tertiary/aromatic N) is 3. The van der Waals surface area contributed by atoms with E-state index in [0.29, 0.717) is 31.7 Å². The van der Waals surface area contributed by atoms with Gasteiger partial charge >= 0.3 is 0 Å². The van der Waals surface area contributed by atoms with Crippen molar-refractivity contribution in [3.63, 3.8) is 0 Å². The first-order valence-corrected chi connectivity index (χ1v) is 13.1. The van der Waals surface area contributed by atoms with Gasteiger partial charge in [-0.25, -0.2) is 4.39 Å². The number of rotatable bonds is 5. The molecule has 0 spiro atoms. The first kappa shape index (κ1) is 23.7. The number of hydrogen-bond donors (Lipinski definition) is 0. The van der Waals surface area contributed by atoms with Gasteiger partial charge in [-0.05, 0) is 65.2 Å². The predicted octanol–water partition coefficient (Wildman–Crippen LogP) is 4.38. The fourth-order valence-corrected chi connectivity index (χ4v) is 6.01. The van der Waals surface area contributed by atoms with Crippen molar-refractivity contribution < 1.29 is 14.0 Å². The Morgan fingerprint density at radius 2 is 1.71 bits per heavy atom. The Morgan fingerprint density at radius 1 is 0.971 bits per heavy atom. The molecule has 0 aliphatic carbocycles. The van der Waals surface area contributed by atoms with Crippen LogP contribution in [0.2, 0.25) is 0 Å². The first-order valence-electron chi connectivity index (χ1n) is 12.2. The number of carbonyl (C=O) groups is 2. The molecule has 3 heterocycles. The smallest absolute Gasteiger partial charge is 0.253 e. The average molecular weight is 492 g/mol. The van der Waals surface area contributed by atoms with Crippen LogP contribution in [0.5, 0.6) is 0 Å². The van der Waals surface area contributed by atoms with Crippen molar-refractivity contribution in [2.24, 2.45) is 0 Å². The van der Waals surface area contributed by atoms with E-state index in [1.165, 1.54) is 22.1 Å². The molecule has 7 heteroatoms. The highest BCUT2D eigenvalue weighted by Gasteiger charge is 2.33. The third kappa shape index (κ3) is 5.02. The second-order valence-electron chi connectivity index (χ2n) is 9.20. The largest absolute Gasteiger partial charge is 0.338 e. The number of hydrogen-bond acceptors (Lipinski definition) is 4. The Labute approximate surface area is 209 Å². The maximum absolute atomic E-state index is 14.0. The number of benzene rings is 2. The molecule has 0 saturated carbocycles. The summed E-state index contributed by atoms with van der Waals surface area (Å²) >= 11 is 1.73. The van der Waals surface area contributed by atoms with E-state index in [2.05, 4.69) is 23.3 Å². The molecule has 35 heavy (non-hydrogen) atoms. The average Bonchev–Trinajstić information content (AvgIpc) is 3.37. The highest BCUT2D eigenvalue weighted by Crippen LogP contribution is 2.37. The molecule has 2 amide bonds. The van der Waals surface area contributed by atoms with Crippen molar-refractivity contribution in [3.8, 4) is 0 Å². The third-order valence-corrected chi connectivity index (χ3v) is 8.09. The predicted molar refractivity (Wildman–Crippen MR) is 136 cm³/mol. The summed E-state index contributed by atoms with van der Waals surface area (Å²) in [6, 6.07) is 16.5. The van der Waals surface area contributed by atoms with Crippen LogP contribution >= 0.6 is 11.3 Å². The van der Waals surface area contributed by atoms with Crippen LogP contribution < -0.4 is 0 Å². The molecule has 2 aliphatic heterocycles. The number of amides is 2. The van der Waals surface area contributed by atoms with Crippen molar-refractivity contribution in [1.82, 2.24) is 14.7 Å². The molecule has 0 N–H and O–H groups in total. The van der Waals surface area contributed by atoms with E-state index in [4.69, 9.17) is 0 Å². The maximum atomic E-state index is 14.0. The van der Waals surface area contributed by atoms with Gasteiger partial charge in [0, 0.05) is 43.2 Å². The summed E-state index contributed by atoms with van der Waals surface area (Å²) in [5.74, 6) is -0.183. The number of piperazine rings is 1. The summed E-state index contributed by atoms with van der Waals surface area (Å²) in [4.78, 5) is 33.3. The zero-order valence-electron chi connectivity index (χ0n) is 20.0. The van der Waals surface area contributed by atoms with Gasteiger partial charge in [0.2, 0.25) is 5.91 Å². The van der Waals surface area contributed by atoms with Gasteiger partial charge in [0.15, 0.2) is 0 Å². The van der Waals surface area contributed by atoms with Crippen LogP contribution in [0, 0.1) is 5.82 Å². The quantitative estimate of drug-likeness (QED) is 0.532. The Hall–Kier alpha value is -3.03. The lowest BCUT2D eigenvalue weighted by molar-refractivity contribution is -0.134. The summed E-state index contributed by atoms with van der Waals surface area (Å²) < 4.78 is 14.0. The second-order valence-corrected chi connectivity index (χ2v) is 10.2. The van der Waals surface area contributed by atoms with Crippen LogP contribution in [-0.2, 0) is 17.6 Å². The molecule has 3 aromatic rings. The Balaban J connectivity index is 1.24. The number of carbonyl (C=O) groups excluding carboxylic acids is 2. The molecule has 0 unspecified atom stereocenters. The summed E-state index contributed by atoms with van der Waals surface area (Å²) in [5.41, 5.74) is 3.95. The van der Waals surface area contributed by atoms with Crippen molar-refractivity contribution in [3.05, 3.63) is 92.9 Å². The number of aryl methyl sites for hydroxylation is 1. The SMILES string of the molecule is CCc1ccc(C(=O)N2CCN(C(=O)CN3CCc4sccc4[C@H]3c3cccc(F)c3)CC2)cc1. The Bertz CT molecular complexity index is 1200. The number of fused-ring (bicyclic) bond motifs is 1.